The smallest absolute Gasteiger partial charge is 0.227 e. The lowest BCUT2D eigenvalue weighted by molar-refractivity contribution is 0.575. The van der Waals surface area contributed by atoms with Gasteiger partial charge in [-0.2, -0.15) is 5.21 Å². The van der Waals surface area contributed by atoms with Gasteiger partial charge in [0, 0.05) is 22.9 Å². The van der Waals surface area contributed by atoms with Crippen molar-refractivity contribution in [3.8, 4) is 45.2 Å². The summed E-state index contributed by atoms with van der Waals surface area (Å²) < 4.78 is 5.80. The number of hydrogen-bond acceptors (Lipinski definition) is 6. The molecule has 6 aromatic rings. The van der Waals surface area contributed by atoms with Crippen LogP contribution in [0.2, 0.25) is 0 Å². The molecule has 7 nitrogen and oxygen atoms in total. The van der Waals surface area contributed by atoms with E-state index >= 15 is 0 Å². The highest BCUT2D eigenvalue weighted by Crippen LogP contribution is 2.48. The molecule has 3 heterocycles. The van der Waals surface area contributed by atoms with Crippen LogP contribution in [0.15, 0.2) is 95.9 Å². The Morgan fingerprint density at radius 3 is 2.12 bits per heavy atom. The van der Waals surface area contributed by atoms with Crippen LogP contribution in [-0.4, -0.2) is 30.6 Å². The molecule has 3 aromatic carbocycles. The van der Waals surface area contributed by atoms with Gasteiger partial charge >= 0.3 is 0 Å². The van der Waals surface area contributed by atoms with Crippen LogP contribution in [0, 0.1) is 0 Å². The molecule has 0 bridgehead atoms. The first-order valence-corrected chi connectivity index (χ1v) is 10.1. The largest absolute Gasteiger partial charge is 0.444 e. The fourth-order valence-electron chi connectivity index (χ4n) is 4.17. The van der Waals surface area contributed by atoms with E-state index in [1.807, 2.05) is 48.5 Å². The maximum atomic E-state index is 5.80. The Kier molecular flexibility index (Phi) is 4.28. The van der Waals surface area contributed by atoms with Gasteiger partial charge in [0.2, 0.25) is 11.7 Å². The van der Waals surface area contributed by atoms with Crippen LogP contribution in [0.1, 0.15) is 0 Å². The fraction of sp³-hybridized carbons (Fsp3) is 0. The maximum absolute atomic E-state index is 5.80. The number of aromatic amines is 1. The third kappa shape index (κ3) is 2.87. The summed E-state index contributed by atoms with van der Waals surface area (Å²) >= 11 is 0. The molecule has 32 heavy (non-hydrogen) atoms. The summed E-state index contributed by atoms with van der Waals surface area (Å²) in [5, 5.41) is 17.2. The molecule has 0 fully saturated rings. The van der Waals surface area contributed by atoms with Crippen molar-refractivity contribution < 1.29 is 4.42 Å². The summed E-state index contributed by atoms with van der Waals surface area (Å²) in [4.78, 5) is 9.16. The Balaban J connectivity index is 1.89. The number of pyridine rings is 1. The van der Waals surface area contributed by atoms with E-state index in [2.05, 4.69) is 54.9 Å². The summed E-state index contributed by atoms with van der Waals surface area (Å²) in [7, 11) is 0. The molecule has 6 rings (SSSR count). The number of H-pyrrole nitrogens is 1. The standard InChI is InChI=1S/C25H16N6O/c1-2-8-16(9-3-1)20-17-10-4-5-11-18(17)21(25-27-14-15-32-25)22(19-12-6-7-13-26-19)23(20)24-28-30-31-29-24/h1-15H,(H,28,29,30,31). The number of nitrogens with one attached hydrogen (secondary N) is 1. The van der Waals surface area contributed by atoms with Gasteiger partial charge in [-0.1, -0.05) is 60.7 Å². The van der Waals surface area contributed by atoms with Crippen LogP contribution < -0.4 is 0 Å². The lowest BCUT2D eigenvalue weighted by Gasteiger charge is -2.20. The van der Waals surface area contributed by atoms with E-state index in [1.165, 1.54) is 0 Å². The Labute approximate surface area is 182 Å². The summed E-state index contributed by atoms with van der Waals surface area (Å²) in [6.07, 6.45) is 4.99. The zero-order chi connectivity index (χ0) is 21.3. The third-order valence-corrected chi connectivity index (χ3v) is 5.41. The fourth-order valence-corrected chi connectivity index (χ4v) is 4.17. The van der Waals surface area contributed by atoms with Gasteiger partial charge in [0.25, 0.3) is 0 Å². The van der Waals surface area contributed by atoms with Crippen LogP contribution in [0.3, 0.4) is 0 Å². The van der Waals surface area contributed by atoms with Crippen molar-refractivity contribution in [2.75, 3.05) is 0 Å². The van der Waals surface area contributed by atoms with E-state index in [-0.39, 0.29) is 0 Å². The van der Waals surface area contributed by atoms with E-state index in [1.54, 1.807) is 18.7 Å². The topological polar surface area (TPSA) is 93.4 Å². The molecule has 1 N–H and O–H groups in total. The molecule has 3 aromatic heterocycles. The van der Waals surface area contributed by atoms with Crippen LogP contribution in [0.25, 0.3) is 56.0 Å². The molecule has 0 atom stereocenters. The van der Waals surface area contributed by atoms with Gasteiger partial charge in [-0.3, -0.25) is 4.98 Å². The van der Waals surface area contributed by atoms with Crippen molar-refractivity contribution in [2.24, 2.45) is 0 Å². The van der Waals surface area contributed by atoms with Crippen LogP contribution in [-0.2, 0) is 0 Å². The summed E-state index contributed by atoms with van der Waals surface area (Å²) in [5.74, 6) is 0.981. The molecule has 0 spiro atoms. The number of benzene rings is 3. The molecule has 0 radical (unpaired) electrons. The molecule has 0 aliphatic heterocycles. The monoisotopic (exact) mass is 416 g/mol. The molecule has 0 aliphatic rings. The number of oxazole rings is 1. The van der Waals surface area contributed by atoms with Crippen molar-refractivity contribution in [2.45, 2.75) is 0 Å². The van der Waals surface area contributed by atoms with Gasteiger partial charge in [-0.05, 0) is 33.7 Å². The second-order valence-electron chi connectivity index (χ2n) is 7.20. The van der Waals surface area contributed by atoms with Gasteiger partial charge in [0.15, 0.2) is 0 Å². The van der Waals surface area contributed by atoms with Crippen molar-refractivity contribution >= 4 is 10.8 Å². The van der Waals surface area contributed by atoms with Gasteiger partial charge in [-0.15, -0.1) is 10.2 Å². The lowest BCUT2D eigenvalue weighted by Crippen LogP contribution is -1.99. The Morgan fingerprint density at radius 1 is 0.656 bits per heavy atom. The normalized spacial score (nSPS) is 11.1. The van der Waals surface area contributed by atoms with Crippen molar-refractivity contribution in [3.63, 3.8) is 0 Å². The van der Waals surface area contributed by atoms with Crippen LogP contribution in [0.4, 0.5) is 0 Å². The Hall–Kier alpha value is -4.65. The molecule has 152 valence electrons. The van der Waals surface area contributed by atoms with Crippen LogP contribution in [0.5, 0.6) is 0 Å². The van der Waals surface area contributed by atoms with Crippen molar-refractivity contribution in [3.05, 3.63) is 91.5 Å². The third-order valence-electron chi connectivity index (χ3n) is 5.41. The number of tetrazole rings is 1. The number of aromatic nitrogens is 6. The quantitative estimate of drug-likeness (QED) is 0.413. The molecule has 0 saturated carbocycles. The highest BCUT2D eigenvalue weighted by molar-refractivity contribution is 6.16. The van der Waals surface area contributed by atoms with Gasteiger partial charge in [0.05, 0.1) is 17.5 Å². The molecule has 0 saturated heterocycles. The van der Waals surface area contributed by atoms with Crippen LogP contribution >= 0.6 is 0 Å². The van der Waals surface area contributed by atoms with Crippen molar-refractivity contribution in [1.29, 1.82) is 0 Å². The average Bonchev–Trinajstić information content (AvgIpc) is 3.58. The zero-order valence-corrected chi connectivity index (χ0v) is 16.8. The molecular weight excluding hydrogens is 400 g/mol. The zero-order valence-electron chi connectivity index (χ0n) is 16.8. The Bertz CT molecular complexity index is 1500. The minimum atomic E-state index is 0.475. The average molecular weight is 416 g/mol. The van der Waals surface area contributed by atoms with Gasteiger partial charge in [-0.25, -0.2) is 4.98 Å². The highest BCUT2D eigenvalue weighted by atomic mass is 16.3. The first-order valence-electron chi connectivity index (χ1n) is 10.1. The minimum absolute atomic E-state index is 0.475. The number of nitrogens with zero attached hydrogens (tertiary/aromatic N) is 5. The lowest BCUT2D eigenvalue weighted by atomic mass is 9.84. The molecule has 0 amide bonds. The SMILES string of the molecule is c1ccc(-c2c(-c3nn[nH]n3)c(-c3ccccn3)c(-c3ncco3)c3ccccc23)cc1. The minimum Gasteiger partial charge on any atom is -0.444 e. The Morgan fingerprint density at radius 2 is 1.44 bits per heavy atom. The second-order valence-corrected chi connectivity index (χ2v) is 7.20. The van der Waals surface area contributed by atoms with E-state index in [0.717, 1.165) is 44.3 Å². The predicted molar refractivity (Wildman–Crippen MR) is 121 cm³/mol. The number of hydrogen-bond donors (Lipinski definition) is 1. The number of fused-ring (bicyclic) bond motifs is 1. The first kappa shape index (κ1) is 18.1. The van der Waals surface area contributed by atoms with E-state index in [4.69, 9.17) is 4.42 Å². The highest BCUT2D eigenvalue weighted by Gasteiger charge is 2.27. The number of rotatable bonds is 4. The second kappa shape index (κ2) is 7.55. The molecule has 0 unspecified atom stereocenters. The summed E-state index contributed by atoms with van der Waals surface area (Å²) in [5.41, 5.74) is 5.30. The van der Waals surface area contributed by atoms with Gasteiger partial charge < -0.3 is 4.42 Å². The first-order chi connectivity index (χ1) is 15.9. The van der Waals surface area contributed by atoms with Crippen molar-refractivity contribution in [1.82, 2.24) is 30.6 Å². The summed E-state index contributed by atoms with van der Waals surface area (Å²) in [6.45, 7) is 0. The van der Waals surface area contributed by atoms with E-state index in [9.17, 15) is 0 Å². The predicted octanol–water partition coefficient (Wildman–Crippen LogP) is 5.40. The maximum Gasteiger partial charge on any atom is 0.227 e. The molecular formula is C25H16N6O. The van der Waals surface area contributed by atoms with E-state index in [0.29, 0.717) is 11.7 Å². The van der Waals surface area contributed by atoms with E-state index < -0.39 is 0 Å². The molecule has 0 aliphatic carbocycles. The van der Waals surface area contributed by atoms with Gasteiger partial charge in [0.1, 0.15) is 6.26 Å². The molecule has 7 heteroatoms. The summed E-state index contributed by atoms with van der Waals surface area (Å²) in [6, 6.07) is 24.2.